The quantitative estimate of drug-likeness (QED) is 0.554. The Kier molecular flexibility index (Phi) is 7.79. The minimum absolute atomic E-state index is 0.0627. The third-order valence-corrected chi connectivity index (χ3v) is 5.16. The summed E-state index contributed by atoms with van der Waals surface area (Å²) < 4.78 is 17.2. The molecule has 0 bridgehead atoms. The normalized spacial score (nSPS) is 18.2. The second-order valence-electron chi connectivity index (χ2n) is 9.83. The standard InChI is InChI=1S/C25H36N4O4/c1-16(2)14-31-20-10-8-9-19(13-20)17(3)27-23-26-12-11-22(28-23)29-21(15-32-24(29)30)18(4)33-25(5,6)7/h8-13,16-18,21H,14-15H2,1-7H3,(H,26,27,28)/t17-,18+,21?/m0/s1. The van der Waals surface area contributed by atoms with E-state index < -0.39 is 6.09 Å². The lowest BCUT2D eigenvalue weighted by Gasteiger charge is -2.31. The van der Waals surface area contributed by atoms with Crippen molar-refractivity contribution in [1.82, 2.24) is 9.97 Å². The number of carbonyl (C=O) groups is 1. The van der Waals surface area contributed by atoms with Gasteiger partial charge in [0.15, 0.2) is 0 Å². The molecule has 33 heavy (non-hydrogen) atoms. The van der Waals surface area contributed by atoms with Gasteiger partial charge in [0.2, 0.25) is 5.95 Å². The number of hydrogen-bond donors (Lipinski definition) is 1. The van der Waals surface area contributed by atoms with E-state index in [1.165, 1.54) is 0 Å². The summed E-state index contributed by atoms with van der Waals surface area (Å²) in [5.41, 5.74) is 0.716. The van der Waals surface area contributed by atoms with E-state index in [-0.39, 0.29) is 30.4 Å². The maximum atomic E-state index is 12.5. The first-order chi connectivity index (χ1) is 15.5. The van der Waals surface area contributed by atoms with Gasteiger partial charge in [-0.1, -0.05) is 26.0 Å². The maximum absolute atomic E-state index is 12.5. The van der Waals surface area contributed by atoms with Crippen molar-refractivity contribution in [3.05, 3.63) is 42.1 Å². The van der Waals surface area contributed by atoms with E-state index in [4.69, 9.17) is 14.2 Å². The van der Waals surface area contributed by atoms with E-state index in [0.29, 0.717) is 24.3 Å². The Morgan fingerprint density at radius 2 is 1.97 bits per heavy atom. The number of ether oxygens (including phenoxy) is 3. The molecule has 2 aromatic rings. The van der Waals surface area contributed by atoms with Crippen molar-refractivity contribution >= 4 is 17.9 Å². The number of benzene rings is 1. The summed E-state index contributed by atoms with van der Waals surface area (Å²) >= 11 is 0. The van der Waals surface area contributed by atoms with Crippen LogP contribution < -0.4 is 15.0 Å². The zero-order valence-corrected chi connectivity index (χ0v) is 20.7. The molecule has 1 aliphatic rings. The first kappa shape index (κ1) is 24.8. The summed E-state index contributed by atoms with van der Waals surface area (Å²) in [6.45, 7) is 15.1. The van der Waals surface area contributed by atoms with Crippen LogP contribution >= 0.6 is 0 Å². The van der Waals surface area contributed by atoms with Gasteiger partial charge in [-0.3, -0.25) is 4.90 Å². The number of aromatic nitrogens is 2. The van der Waals surface area contributed by atoms with Crippen molar-refractivity contribution in [2.75, 3.05) is 23.4 Å². The number of nitrogens with zero attached hydrogens (tertiary/aromatic N) is 3. The second kappa shape index (κ2) is 10.4. The largest absolute Gasteiger partial charge is 0.493 e. The van der Waals surface area contributed by atoms with Crippen LogP contribution in [0.5, 0.6) is 5.75 Å². The van der Waals surface area contributed by atoms with Gasteiger partial charge in [0.25, 0.3) is 0 Å². The van der Waals surface area contributed by atoms with Gasteiger partial charge in [-0.15, -0.1) is 0 Å². The Morgan fingerprint density at radius 3 is 2.67 bits per heavy atom. The van der Waals surface area contributed by atoms with Crippen molar-refractivity contribution in [3.63, 3.8) is 0 Å². The molecule has 0 saturated carbocycles. The van der Waals surface area contributed by atoms with Crippen molar-refractivity contribution in [2.45, 2.75) is 72.3 Å². The van der Waals surface area contributed by atoms with Crippen LogP contribution in [0.15, 0.2) is 36.5 Å². The summed E-state index contributed by atoms with van der Waals surface area (Å²) in [5.74, 6) is 2.19. The predicted octanol–water partition coefficient (Wildman–Crippen LogP) is 5.21. The van der Waals surface area contributed by atoms with E-state index in [2.05, 4.69) is 29.1 Å². The van der Waals surface area contributed by atoms with Crippen LogP contribution in [-0.4, -0.2) is 47.0 Å². The molecule has 180 valence electrons. The van der Waals surface area contributed by atoms with Gasteiger partial charge in [0, 0.05) is 6.20 Å². The van der Waals surface area contributed by atoms with Gasteiger partial charge in [0.1, 0.15) is 24.2 Å². The van der Waals surface area contributed by atoms with Crippen LogP contribution in [0.1, 0.15) is 60.1 Å². The van der Waals surface area contributed by atoms with Crippen LogP contribution in [0.3, 0.4) is 0 Å². The van der Waals surface area contributed by atoms with Crippen molar-refractivity contribution in [3.8, 4) is 5.75 Å². The van der Waals surface area contributed by atoms with Gasteiger partial charge in [-0.2, -0.15) is 4.98 Å². The molecule has 8 heteroatoms. The van der Waals surface area contributed by atoms with E-state index in [9.17, 15) is 4.79 Å². The zero-order chi connectivity index (χ0) is 24.2. The van der Waals surface area contributed by atoms with Crippen molar-refractivity contribution < 1.29 is 19.0 Å². The molecule has 1 saturated heterocycles. The Hall–Kier alpha value is -2.87. The predicted molar refractivity (Wildman–Crippen MR) is 129 cm³/mol. The highest BCUT2D eigenvalue weighted by Crippen LogP contribution is 2.28. The third kappa shape index (κ3) is 6.81. The van der Waals surface area contributed by atoms with Gasteiger partial charge in [0.05, 0.1) is 24.4 Å². The van der Waals surface area contributed by atoms with Crippen molar-refractivity contribution in [2.24, 2.45) is 5.92 Å². The molecule has 1 fully saturated rings. The third-order valence-electron chi connectivity index (χ3n) is 5.16. The molecule has 1 N–H and O–H groups in total. The fraction of sp³-hybridized carbons (Fsp3) is 0.560. The fourth-order valence-corrected chi connectivity index (χ4v) is 3.65. The highest BCUT2D eigenvalue weighted by molar-refractivity contribution is 5.89. The van der Waals surface area contributed by atoms with Crippen LogP contribution in [0.4, 0.5) is 16.6 Å². The smallest absolute Gasteiger partial charge is 0.416 e. The monoisotopic (exact) mass is 456 g/mol. The van der Waals surface area contributed by atoms with E-state index >= 15 is 0 Å². The Labute approximate surface area is 196 Å². The lowest BCUT2D eigenvalue weighted by molar-refractivity contribution is -0.0618. The molecule has 0 spiro atoms. The molecule has 0 aliphatic carbocycles. The molecule has 1 aromatic heterocycles. The lowest BCUT2D eigenvalue weighted by atomic mass is 10.1. The number of rotatable bonds is 9. The number of nitrogens with one attached hydrogen (secondary N) is 1. The van der Waals surface area contributed by atoms with E-state index in [1.807, 2.05) is 58.9 Å². The second-order valence-corrected chi connectivity index (χ2v) is 9.83. The lowest BCUT2D eigenvalue weighted by Crippen LogP contribution is -2.45. The SMILES string of the molecule is CC(C)COc1cccc([C@H](C)Nc2nccc(N3C(=O)OCC3[C@@H](C)OC(C)(C)C)n2)c1. The number of carbonyl (C=O) groups excluding carboxylic acids is 1. The first-order valence-corrected chi connectivity index (χ1v) is 11.5. The molecular formula is C25H36N4O4. The molecule has 1 unspecified atom stereocenters. The summed E-state index contributed by atoms with van der Waals surface area (Å²) in [7, 11) is 0. The molecule has 2 heterocycles. The summed E-state index contributed by atoms with van der Waals surface area (Å²) in [5, 5.41) is 3.32. The molecular weight excluding hydrogens is 420 g/mol. The number of cyclic esters (lactones) is 1. The Bertz CT molecular complexity index is 944. The zero-order valence-electron chi connectivity index (χ0n) is 20.7. The number of amides is 1. The van der Waals surface area contributed by atoms with Crippen LogP contribution in [0.2, 0.25) is 0 Å². The van der Waals surface area contributed by atoms with E-state index in [1.54, 1.807) is 17.2 Å². The van der Waals surface area contributed by atoms with Crippen LogP contribution in [-0.2, 0) is 9.47 Å². The van der Waals surface area contributed by atoms with E-state index in [0.717, 1.165) is 11.3 Å². The fourth-order valence-electron chi connectivity index (χ4n) is 3.65. The van der Waals surface area contributed by atoms with Gasteiger partial charge < -0.3 is 19.5 Å². The average molecular weight is 457 g/mol. The van der Waals surface area contributed by atoms with Crippen molar-refractivity contribution in [1.29, 1.82) is 0 Å². The van der Waals surface area contributed by atoms with Crippen LogP contribution in [0, 0.1) is 5.92 Å². The molecule has 1 amide bonds. The summed E-state index contributed by atoms with van der Waals surface area (Å²) in [6.07, 6.45) is 0.977. The highest BCUT2D eigenvalue weighted by atomic mass is 16.6. The molecule has 0 radical (unpaired) electrons. The summed E-state index contributed by atoms with van der Waals surface area (Å²) in [6, 6.07) is 9.35. The molecule has 1 aliphatic heterocycles. The van der Waals surface area contributed by atoms with Crippen LogP contribution in [0.25, 0.3) is 0 Å². The van der Waals surface area contributed by atoms with Gasteiger partial charge in [-0.05, 0) is 64.3 Å². The number of anilines is 2. The Morgan fingerprint density at radius 1 is 1.21 bits per heavy atom. The minimum Gasteiger partial charge on any atom is -0.493 e. The Balaban J connectivity index is 1.74. The molecule has 8 nitrogen and oxygen atoms in total. The first-order valence-electron chi connectivity index (χ1n) is 11.5. The maximum Gasteiger partial charge on any atom is 0.416 e. The number of hydrogen-bond acceptors (Lipinski definition) is 7. The van der Waals surface area contributed by atoms with Gasteiger partial charge >= 0.3 is 6.09 Å². The minimum atomic E-state index is -0.433. The topological polar surface area (TPSA) is 85.8 Å². The average Bonchev–Trinajstić information content (AvgIpc) is 3.13. The summed E-state index contributed by atoms with van der Waals surface area (Å²) in [4.78, 5) is 23.0. The highest BCUT2D eigenvalue weighted by Gasteiger charge is 2.40. The van der Waals surface area contributed by atoms with Gasteiger partial charge in [-0.25, -0.2) is 9.78 Å². The molecule has 1 aromatic carbocycles. The molecule has 3 atom stereocenters. The molecule has 3 rings (SSSR count).